The zero-order valence-corrected chi connectivity index (χ0v) is 11.0. The van der Waals surface area contributed by atoms with Gasteiger partial charge in [-0.3, -0.25) is 0 Å². The number of hydrogen-bond acceptors (Lipinski definition) is 4. The molecule has 1 fully saturated rings. The zero-order chi connectivity index (χ0) is 13.2. The van der Waals surface area contributed by atoms with Gasteiger partial charge in [0.15, 0.2) is 10.8 Å². The molecule has 3 nitrogen and oxygen atoms in total. The number of aromatic nitrogens is 1. The minimum Gasteiger partial charge on any atom is -0.348 e. The van der Waals surface area contributed by atoms with Crippen LogP contribution in [-0.2, 0) is 12.7 Å². The fourth-order valence-electron chi connectivity index (χ4n) is 1.96. The van der Waals surface area contributed by atoms with Gasteiger partial charge in [-0.15, -0.1) is 0 Å². The molecule has 0 aromatic carbocycles. The van der Waals surface area contributed by atoms with Gasteiger partial charge in [0, 0.05) is 19.6 Å². The molecule has 7 heteroatoms. The van der Waals surface area contributed by atoms with Crippen LogP contribution in [0.15, 0.2) is 0 Å². The van der Waals surface area contributed by atoms with E-state index in [1.54, 1.807) is 0 Å². The molecule has 0 atom stereocenters. The van der Waals surface area contributed by atoms with E-state index in [0.29, 0.717) is 11.7 Å². The highest BCUT2D eigenvalue weighted by molar-refractivity contribution is 7.15. The van der Waals surface area contributed by atoms with Crippen LogP contribution in [0.3, 0.4) is 0 Å². The lowest BCUT2D eigenvalue weighted by Gasteiger charge is -2.12. The molecule has 0 radical (unpaired) electrons. The summed E-state index contributed by atoms with van der Waals surface area (Å²) in [6.07, 6.45) is -2.30. The van der Waals surface area contributed by atoms with Crippen LogP contribution in [0.4, 0.5) is 18.3 Å². The summed E-state index contributed by atoms with van der Waals surface area (Å²) >= 11 is 1.16. The van der Waals surface area contributed by atoms with Crippen molar-refractivity contribution in [2.75, 3.05) is 24.5 Å². The van der Waals surface area contributed by atoms with Crippen molar-refractivity contribution < 1.29 is 13.2 Å². The number of halogens is 3. The van der Waals surface area contributed by atoms with E-state index in [1.807, 2.05) is 11.8 Å². The highest BCUT2D eigenvalue weighted by Gasteiger charge is 2.38. The molecule has 0 spiro atoms. The second kappa shape index (κ2) is 5.44. The first-order chi connectivity index (χ1) is 8.52. The molecule has 18 heavy (non-hydrogen) atoms. The maximum Gasteiger partial charge on any atom is 0.434 e. The summed E-state index contributed by atoms with van der Waals surface area (Å²) in [7, 11) is 0. The van der Waals surface area contributed by atoms with Gasteiger partial charge in [0.2, 0.25) is 0 Å². The molecule has 1 saturated heterocycles. The Bertz CT molecular complexity index is 397. The molecule has 1 aliphatic rings. The Morgan fingerprint density at radius 2 is 2.00 bits per heavy atom. The molecule has 0 unspecified atom stereocenters. The number of anilines is 1. The van der Waals surface area contributed by atoms with Crippen molar-refractivity contribution in [1.29, 1.82) is 0 Å². The first kappa shape index (κ1) is 13.6. The van der Waals surface area contributed by atoms with Crippen molar-refractivity contribution in [1.82, 2.24) is 10.3 Å². The van der Waals surface area contributed by atoms with Crippen LogP contribution in [0.2, 0.25) is 0 Å². The Kier molecular flexibility index (Phi) is 4.11. The van der Waals surface area contributed by atoms with E-state index in [9.17, 15) is 13.2 Å². The summed E-state index contributed by atoms with van der Waals surface area (Å²) in [4.78, 5) is 6.02. The van der Waals surface area contributed by atoms with Gasteiger partial charge in [-0.05, 0) is 19.4 Å². The third-order valence-corrected chi connectivity index (χ3v) is 3.98. The smallest absolute Gasteiger partial charge is 0.348 e. The number of nitrogens with zero attached hydrogens (tertiary/aromatic N) is 2. The van der Waals surface area contributed by atoms with Crippen LogP contribution < -0.4 is 10.2 Å². The predicted octanol–water partition coefficient (Wildman–Crippen LogP) is 2.87. The second-order valence-corrected chi connectivity index (χ2v) is 5.30. The third-order valence-electron chi connectivity index (χ3n) is 2.87. The number of hydrogen-bond donors (Lipinski definition) is 1. The Balaban J connectivity index is 2.24. The van der Waals surface area contributed by atoms with Crippen LogP contribution in [0, 0.1) is 0 Å². The number of rotatable bonds is 4. The van der Waals surface area contributed by atoms with Gasteiger partial charge >= 0.3 is 6.18 Å². The molecule has 0 saturated carbocycles. The molecule has 1 N–H and O–H groups in total. The van der Waals surface area contributed by atoms with Crippen molar-refractivity contribution in [3.8, 4) is 0 Å². The van der Waals surface area contributed by atoms with Gasteiger partial charge in [0.05, 0.1) is 4.88 Å². The average Bonchev–Trinajstić information content (AvgIpc) is 2.93. The quantitative estimate of drug-likeness (QED) is 0.918. The lowest BCUT2D eigenvalue weighted by molar-refractivity contribution is -0.141. The second-order valence-electron chi connectivity index (χ2n) is 4.24. The van der Waals surface area contributed by atoms with Gasteiger partial charge in [-0.25, -0.2) is 4.98 Å². The monoisotopic (exact) mass is 279 g/mol. The van der Waals surface area contributed by atoms with E-state index < -0.39 is 11.9 Å². The lowest BCUT2D eigenvalue weighted by Crippen LogP contribution is -2.18. The standard InChI is InChI=1S/C11H16F3N3S/c1-2-15-7-8-9(11(12,13)14)16-10(18-8)17-5-3-4-6-17/h15H,2-7H2,1H3. The molecule has 1 aromatic rings. The molecule has 0 bridgehead atoms. The minimum absolute atomic E-state index is 0.233. The van der Waals surface area contributed by atoms with Gasteiger partial charge in [0.1, 0.15) is 0 Å². The Morgan fingerprint density at radius 1 is 1.33 bits per heavy atom. The summed E-state index contributed by atoms with van der Waals surface area (Å²) in [6.45, 7) is 4.37. The molecular formula is C11H16F3N3S. The van der Waals surface area contributed by atoms with Crippen LogP contribution in [0.1, 0.15) is 30.3 Å². The highest BCUT2D eigenvalue weighted by Crippen LogP contribution is 2.38. The van der Waals surface area contributed by atoms with Crippen molar-refractivity contribution in [3.63, 3.8) is 0 Å². The number of thiazole rings is 1. The van der Waals surface area contributed by atoms with Crippen LogP contribution in [0.5, 0.6) is 0 Å². The maximum atomic E-state index is 12.9. The van der Waals surface area contributed by atoms with Crippen molar-refractivity contribution in [3.05, 3.63) is 10.6 Å². The molecule has 2 rings (SSSR count). The average molecular weight is 279 g/mol. The zero-order valence-electron chi connectivity index (χ0n) is 10.2. The predicted molar refractivity (Wildman–Crippen MR) is 65.9 cm³/mol. The van der Waals surface area contributed by atoms with E-state index in [0.717, 1.165) is 37.3 Å². The molecule has 0 amide bonds. The number of alkyl halides is 3. The maximum absolute atomic E-state index is 12.9. The minimum atomic E-state index is -4.36. The van der Waals surface area contributed by atoms with Crippen LogP contribution >= 0.6 is 11.3 Å². The van der Waals surface area contributed by atoms with E-state index in [4.69, 9.17) is 0 Å². The topological polar surface area (TPSA) is 28.2 Å². The fraction of sp³-hybridized carbons (Fsp3) is 0.727. The summed E-state index contributed by atoms with van der Waals surface area (Å²) in [5.41, 5.74) is -0.727. The van der Waals surface area contributed by atoms with Gasteiger partial charge < -0.3 is 10.2 Å². The van der Waals surface area contributed by atoms with E-state index >= 15 is 0 Å². The Hall–Kier alpha value is -0.820. The highest BCUT2D eigenvalue weighted by atomic mass is 32.1. The van der Waals surface area contributed by atoms with Gasteiger partial charge in [-0.2, -0.15) is 13.2 Å². The lowest BCUT2D eigenvalue weighted by atomic mass is 10.3. The first-order valence-electron chi connectivity index (χ1n) is 6.05. The van der Waals surface area contributed by atoms with Crippen molar-refractivity contribution in [2.24, 2.45) is 0 Å². The summed E-state index contributed by atoms with van der Waals surface area (Å²) in [5, 5.41) is 3.44. The van der Waals surface area contributed by atoms with Crippen LogP contribution in [-0.4, -0.2) is 24.6 Å². The largest absolute Gasteiger partial charge is 0.434 e. The number of nitrogens with one attached hydrogen (secondary N) is 1. The third kappa shape index (κ3) is 2.95. The molecule has 1 aromatic heterocycles. The van der Waals surface area contributed by atoms with Crippen molar-refractivity contribution in [2.45, 2.75) is 32.5 Å². The van der Waals surface area contributed by atoms with Crippen molar-refractivity contribution >= 4 is 16.5 Å². The molecular weight excluding hydrogens is 263 g/mol. The molecule has 1 aliphatic heterocycles. The normalized spacial score (nSPS) is 16.6. The summed E-state index contributed by atoms with van der Waals surface area (Å²) in [6, 6.07) is 0. The SMILES string of the molecule is CCNCc1sc(N2CCCC2)nc1C(F)(F)F. The van der Waals surface area contributed by atoms with E-state index in [2.05, 4.69) is 10.3 Å². The van der Waals surface area contributed by atoms with Gasteiger partial charge in [-0.1, -0.05) is 18.3 Å². The molecule has 0 aliphatic carbocycles. The summed E-state index contributed by atoms with van der Waals surface area (Å²) < 4.78 is 38.6. The molecule has 2 heterocycles. The Morgan fingerprint density at radius 3 is 2.56 bits per heavy atom. The van der Waals surface area contributed by atoms with Gasteiger partial charge in [0.25, 0.3) is 0 Å². The van der Waals surface area contributed by atoms with E-state index in [-0.39, 0.29) is 11.4 Å². The fourth-order valence-corrected chi connectivity index (χ4v) is 3.06. The van der Waals surface area contributed by atoms with E-state index in [1.165, 1.54) is 0 Å². The van der Waals surface area contributed by atoms with Crippen LogP contribution in [0.25, 0.3) is 0 Å². The Labute approximate surface area is 108 Å². The molecule has 102 valence electrons. The first-order valence-corrected chi connectivity index (χ1v) is 6.86. The summed E-state index contributed by atoms with van der Waals surface area (Å²) in [5.74, 6) is 0.